The third-order valence-corrected chi connectivity index (χ3v) is 4.01. The number of halogens is 1. The van der Waals surface area contributed by atoms with Gasteiger partial charge in [0, 0.05) is 9.75 Å². The zero-order chi connectivity index (χ0) is 12.9. The molecule has 2 rings (SSSR count). The van der Waals surface area contributed by atoms with Crippen LogP contribution in [0.15, 0.2) is 35.0 Å². The Balaban J connectivity index is 0.000000686. The van der Waals surface area contributed by atoms with Gasteiger partial charge in [-0.25, -0.2) is 0 Å². The second-order valence-corrected chi connectivity index (χ2v) is 4.85. The van der Waals surface area contributed by atoms with Crippen molar-refractivity contribution >= 4 is 44.6 Å². The maximum absolute atomic E-state index is 11.1. The molecule has 2 aromatic heterocycles. The lowest BCUT2D eigenvalue weighted by Gasteiger charge is -2.26. The van der Waals surface area contributed by atoms with Gasteiger partial charge in [0.1, 0.15) is 0 Å². The Bertz CT molecular complexity index is 417. The highest BCUT2D eigenvalue weighted by Crippen LogP contribution is 2.34. The molecule has 0 aliphatic carbocycles. The molecule has 0 unspecified atom stereocenters. The minimum atomic E-state index is -2.01. The molecule has 0 amide bonds. The molecule has 1 N–H and O–H groups in total. The van der Waals surface area contributed by atoms with E-state index < -0.39 is 11.6 Å². The molecule has 0 saturated heterocycles. The van der Waals surface area contributed by atoms with E-state index in [4.69, 9.17) is 0 Å². The fourth-order valence-electron chi connectivity index (χ4n) is 1.29. The van der Waals surface area contributed by atoms with Gasteiger partial charge in [0.15, 0.2) is 5.60 Å². The van der Waals surface area contributed by atoms with Gasteiger partial charge in [0.2, 0.25) is 0 Å². The second kappa shape index (κ2) is 6.30. The average molecular weight is 334 g/mol. The minimum absolute atomic E-state index is 0.366. The summed E-state index contributed by atoms with van der Waals surface area (Å²) in [6, 6.07) is 6.56. The van der Waals surface area contributed by atoms with E-state index in [1.807, 2.05) is 5.83 Å². The molecule has 0 fully saturated rings. The predicted molar refractivity (Wildman–Crippen MR) is 71.5 cm³/mol. The molecule has 0 spiro atoms. The number of thiophene rings is 2. The molecule has 0 saturated carbocycles. The van der Waals surface area contributed by atoms with E-state index in [9.17, 15) is 15.0 Å². The van der Waals surface area contributed by atoms with Crippen LogP contribution >= 0.6 is 38.6 Å². The number of aliphatic carboxylic acids is 1. The summed E-state index contributed by atoms with van der Waals surface area (Å²) < 4.78 is 0. The first kappa shape index (κ1) is 14.4. The lowest BCUT2D eigenvalue weighted by atomic mass is 10.0. The molecular formula is C11H10BrO3S2-. The van der Waals surface area contributed by atoms with E-state index >= 15 is 0 Å². The molecule has 0 radical (unpaired) electrons. The van der Waals surface area contributed by atoms with Crippen LogP contribution in [0.5, 0.6) is 0 Å². The lowest BCUT2D eigenvalue weighted by Crippen LogP contribution is -2.45. The van der Waals surface area contributed by atoms with Crippen LogP contribution < -0.4 is 5.11 Å². The molecule has 6 heteroatoms. The average Bonchev–Trinajstić information content (AvgIpc) is 3.03. The van der Waals surface area contributed by atoms with Gasteiger partial charge in [0.05, 0.1) is 5.97 Å². The molecule has 2 heterocycles. The number of carboxylic acids is 1. The number of rotatable bonds is 3. The maximum Gasteiger partial charge on any atom is 0.173 e. The zero-order valence-electron chi connectivity index (χ0n) is 8.92. The Morgan fingerprint density at radius 1 is 1.24 bits per heavy atom. The van der Waals surface area contributed by atoms with Gasteiger partial charge in [-0.3, -0.25) is 0 Å². The van der Waals surface area contributed by atoms with Gasteiger partial charge >= 0.3 is 0 Å². The van der Waals surface area contributed by atoms with Crippen LogP contribution in [0.1, 0.15) is 9.75 Å². The summed E-state index contributed by atoms with van der Waals surface area (Å²) in [7, 11) is 0. The van der Waals surface area contributed by atoms with Gasteiger partial charge in [0.25, 0.3) is 0 Å². The van der Waals surface area contributed by atoms with Crippen molar-refractivity contribution in [2.24, 2.45) is 0 Å². The molecule has 0 aromatic carbocycles. The zero-order valence-corrected chi connectivity index (χ0v) is 12.1. The van der Waals surface area contributed by atoms with Gasteiger partial charge < -0.3 is 15.0 Å². The standard InChI is InChI=1S/C10H8O3S2.CH3Br/c11-9(12)10(13,7-3-1-5-14-7)8-4-2-6-15-8;1-2/h1-6,13H,(H,11,12);1H3/p-1. The van der Waals surface area contributed by atoms with Gasteiger partial charge in [-0.1, -0.05) is 28.1 Å². The van der Waals surface area contributed by atoms with Crippen LogP contribution in [0.4, 0.5) is 0 Å². The number of alkyl halides is 1. The maximum atomic E-state index is 11.1. The fourth-order valence-corrected chi connectivity index (χ4v) is 3.01. The van der Waals surface area contributed by atoms with Crippen LogP contribution in [0.3, 0.4) is 0 Å². The molecule has 0 atom stereocenters. The van der Waals surface area contributed by atoms with E-state index in [-0.39, 0.29) is 0 Å². The summed E-state index contributed by atoms with van der Waals surface area (Å²) in [5, 5.41) is 24.7. The summed E-state index contributed by atoms with van der Waals surface area (Å²) in [4.78, 5) is 11.8. The van der Waals surface area contributed by atoms with Gasteiger partial charge in [-0.15, -0.1) is 22.7 Å². The van der Waals surface area contributed by atoms with Crippen LogP contribution in [0, 0.1) is 0 Å². The summed E-state index contributed by atoms with van der Waals surface area (Å²) in [6.45, 7) is 0. The Morgan fingerprint density at radius 2 is 1.65 bits per heavy atom. The van der Waals surface area contributed by atoms with Crippen molar-refractivity contribution in [2.75, 3.05) is 5.83 Å². The molecule has 0 aliphatic heterocycles. The van der Waals surface area contributed by atoms with Crippen molar-refractivity contribution in [3.63, 3.8) is 0 Å². The van der Waals surface area contributed by atoms with Crippen molar-refractivity contribution in [1.29, 1.82) is 0 Å². The Kier molecular flexibility index (Phi) is 5.32. The highest BCUT2D eigenvalue weighted by atomic mass is 79.9. The predicted octanol–water partition coefficient (Wildman–Crippen LogP) is 1.81. The quantitative estimate of drug-likeness (QED) is 0.871. The van der Waals surface area contributed by atoms with E-state index in [0.29, 0.717) is 9.75 Å². The van der Waals surface area contributed by atoms with Gasteiger partial charge in [-0.05, 0) is 28.7 Å². The lowest BCUT2D eigenvalue weighted by molar-refractivity contribution is -0.322. The van der Waals surface area contributed by atoms with E-state index in [2.05, 4.69) is 15.9 Å². The molecule has 2 aromatic rings. The largest absolute Gasteiger partial charge is 0.546 e. The topological polar surface area (TPSA) is 60.4 Å². The molecular weight excluding hydrogens is 324 g/mol. The molecule has 92 valence electrons. The Hall–Kier alpha value is -0.690. The van der Waals surface area contributed by atoms with Crippen molar-refractivity contribution < 1.29 is 15.0 Å². The normalized spacial score (nSPS) is 10.5. The van der Waals surface area contributed by atoms with Crippen LogP contribution in [0.25, 0.3) is 0 Å². The van der Waals surface area contributed by atoms with Crippen molar-refractivity contribution in [2.45, 2.75) is 5.60 Å². The minimum Gasteiger partial charge on any atom is -0.546 e. The van der Waals surface area contributed by atoms with Crippen molar-refractivity contribution in [1.82, 2.24) is 0 Å². The smallest absolute Gasteiger partial charge is 0.173 e. The summed E-state index contributed by atoms with van der Waals surface area (Å²) >= 11 is 5.32. The molecule has 3 nitrogen and oxygen atoms in total. The third-order valence-electron chi connectivity index (χ3n) is 2.05. The number of carbonyl (C=O) groups excluding carboxylic acids is 1. The third kappa shape index (κ3) is 2.77. The molecule has 17 heavy (non-hydrogen) atoms. The SMILES string of the molecule is CBr.O=C([O-])C(O)(c1cccs1)c1cccs1. The number of hydrogen-bond acceptors (Lipinski definition) is 5. The fraction of sp³-hybridized carbons (Fsp3) is 0.182. The Labute approximate surface area is 115 Å². The van der Waals surface area contributed by atoms with Crippen molar-refractivity contribution in [3.8, 4) is 0 Å². The highest BCUT2D eigenvalue weighted by Gasteiger charge is 2.35. The summed E-state index contributed by atoms with van der Waals surface area (Å²) in [5.74, 6) is 0.319. The number of carbonyl (C=O) groups is 1. The monoisotopic (exact) mass is 333 g/mol. The summed E-state index contributed by atoms with van der Waals surface area (Å²) in [6.07, 6.45) is 0. The number of carboxylic acid groups (broad SMARTS) is 1. The Morgan fingerprint density at radius 3 is 1.88 bits per heavy atom. The van der Waals surface area contributed by atoms with Crippen LogP contribution in [-0.2, 0) is 10.4 Å². The van der Waals surface area contributed by atoms with E-state index in [1.165, 1.54) is 22.7 Å². The first-order valence-electron chi connectivity index (χ1n) is 4.55. The number of aliphatic hydroxyl groups is 1. The second-order valence-electron chi connectivity index (χ2n) is 2.95. The molecule has 0 aliphatic rings. The first-order chi connectivity index (χ1) is 8.15. The van der Waals surface area contributed by atoms with E-state index in [1.54, 1.807) is 35.0 Å². The van der Waals surface area contributed by atoms with Crippen LogP contribution in [0.2, 0.25) is 0 Å². The van der Waals surface area contributed by atoms with Gasteiger partial charge in [-0.2, -0.15) is 0 Å². The number of hydrogen-bond donors (Lipinski definition) is 1. The van der Waals surface area contributed by atoms with Crippen LogP contribution in [-0.4, -0.2) is 16.9 Å². The highest BCUT2D eigenvalue weighted by molar-refractivity contribution is 9.08. The first-order valence-corrected chi connectivity index (χ1v) is 7.90. The summed E-state index contributed by atoms with van der Waals surface area (Å²) in [5.41, 5.74) is -2.01. The van der Waals surface area contributed by atoms with Crippen molar-refractivity contribution in [3.05, 3.63) is 44.8 Å². The van der Waals surface area contributed by atoms with E-state index in [0.717, 1.165) is 0 Å². The molecule has 0 bridgehead atoms.